The summed E-state index contributed by atoms with van der Waals surface area (Å²) in [5.41, 5.74) is 0.546. The molecule has 0 spiro atoms. The van der Waals surface area contributed by atoms with Crippen LogP contribution in [0, 0.1) is 5.82 Å². The number of aromatic nitrogens is 1. The van der Waals surface area contributed by atoms with E-state index >= 15 is 0 Å². The lowest BCUT2D eigenvalue weighted by Gasteiger charge is -2.39. The van der Waals surface area contributed by atoms with Gasteiger partial charge in [-0.15, -0.1) is 0 Å². The molecule has 3 heterocycles. The molecule has 1 atom stereocenters. The lowest BCUT2D eigenvalue weighted by atomic mass is 10.1. The van der Waals surface area contributed by atoms with Gasteiger partial charge in [-0.1, -0.05) is 0 Å². The molecule has 4 rings (SSSR count). The van der Waals surface area contributed by atoms with E-state index in [0.717, 1.165) is 45.7 Å². The molecule has 6 heteroatoms. The van der Waals surface area contributed by atoms with Crippen molar-refractivity contribution >= 4 is 16.7 Å². The van der Waals surface area contributed by atoms with Crippen LogP contribution in [0.2, 0.25) is 0 Å². The third kappa shape index (κ3) is 3.56. The summed E-state index contributed by atoms with van der Waals surface area (Å²) < 4.78 is 14.0. The number of benzene rings is 1. The summed E-state index contributed by atoms with van der Waals surface area (Å²) in [6.07, 6.45) is 4.15. The average molecular weight is 370 g/mol. The van der Waals surface area contributed by atoms with Crippen LogP contribution < -0.4 is 0 Å². The first-order valence-electron chi connectivity index (χ1n) is 9.84. The molecule has 144 valence electrons. The molecule has 27 heavy (non-hydrogen) atoms. The van der Waals surface area contributed by atoms with Gasteiger partial charge in [-0.25, -0.2) is 4.39 Å². The standard InChI is InChI=1S/C21H27FN4O/c1-15(2)24-9-11-25(12-10-24)16-6-8-26(14-16)21(27)18-3-4-20(22)17-5-7-23-13-19(17)18/h3-5,7,13,15-16H,6,8-12,14H2,1-2H3/t16-/m0/s1. The molecule has 2 aliphatic rings. The molecule has 2 fully saturated rings. The van der Waals surface area contributed by atoms with E-state index in [1.165, 1.54) is 6.07 Å². The Kier molecular flexibility index (Phi) is 5.10. The van der Waals surface area contributed by atoms with E-state index < -0.39 is 0 Å². The van der Waals surface area contributed by atoms with E-state index in [-0.39, 0.29) is 11.7 Å². The third-order valence-corrected chi connectivity index (χ3v) is 6.04. The van der Waals surface area contributed by atoms with Gasteiger partial charge < -0.3 is 4.90 Å². The molecule has 0 N–H and O–H groups in total. The van der Waals surface area contributed by atoms with Crippen LogP contribution in [0.3, 0.4) is 0 Å². The molecule has 0 saturated carbocycles. The molecular weight excluding hydrogens is 343 g/mol. The number of amides is 1. The second-order valence-electron chi connectivity index (χ2n) is 7.88. The first-order chi connectivity index (χ1) is 13.0. The highest BCUT2D eigenvalue weighted by Crippen LogP contribution is 2.25. The normalized spacial score (nSPS) is 22.1. The summed E-state index contributed by atoms with van der Waals surface area (Å²) in [6, 6.07) is 5.62. The van der Waals surface area contributed by atoms with Gasteiger partial charge in [-0.3, -0.25) is 19.6 Å². The Morgan fingerprint density at radius 1 is 1.11 bits per heavy atom. The highest BCUT2D eigenvalue weighted by Gasteiger charge is 2.33. The Labute approximate surface area is 159 Å². The van der Waals surface area contributed by atoms with Crippen molar-refractivity contribution in [3.63, 3.8) is 0 Å². The van der Waals surface area contributed by atoms with Gasteiger partial charge >= 0.3 is 0 Å². The highest BCUT2D eigenvalue weighted by atomic mass is 19.1. The number of hydrogen-bond donors (Lipinski definition) is 0. The van der Waals surface area contributed by atoms with Crippen molar-refractivity contribution in [2.45, 2.75) is 32.4 Å². The minimum absolute atomic E-state index is 0.0173. The van der Waals surface area contributed by atoms with Crippen molar-refractivity contribution in [2.24, 2.45) is 0 Å². The molecule has 1 aromatic heterocycles. The first kappa shape index (κ1) is 18.3. The molecule has 2 aliphatic heterocycles. The van der Waals surface area contributed by atoms with Crippen LogP contribution in [0.4, 0.5) is 4.39 Å². The fraction of sp³-hybridized carbons (Fsp3) is 0.524. The molecule has 5 nitrogen and oxygen atoms in total. The van der Waals surface area contributed by atoms with Crippen LogP contribution in [0.25, 0.3) is 10.8 Å². The number of hydrogen-bond acceptors (Lipinski definition) is 4. The quantitative estimate of drug-likeness (QED) is 0.833. The van der Waals surface area contributed by atoms with E-state index in [2.05, 4.69) is 28.6 Å². The summed E-state index contributed by atoms with van der Waals surface area (Å²) in [6.45, 7) is 10.3. The van der Waals surface area contributed by atoms with Gasteiger partial charge in [-0.2, -0.15) is 0 Å². The van der Waals surface area contributed by atoms with E-state index in [9.17, 15) is 9.18 Å². The fourth-order valence-electron chi connectivity index (χ4n) is 4.35. The van der Waals surface area contributed by atoms with E-state index in [1.54, 1.807) is 24.5 Å². The van der Waals surface area contributed by atoms with Crippen LogP contribution in [-0.4, -0.2) is 76.9 Å². The predicted molar refractivity (Wildman–Crippen MR) is 104 cm³/mol. The summed E-state index contributed by atoms with van der Waals surface area (Å²) in [5, 5.41) is 1.05. The van der Waals surface area contributed by atoms with Gasteiger partial charge in [0.1, 0.15) is 5.82 Å². The van der Waals surface area contributed by atoms with Gasteiger partial charge in [0.25, 0.3) is 5.91 Å². The van der Waals surface area contributed by atoms with Gasteiger partial charge in [0.05, 0.1) is 0 Å². The fourth-order valence-corrected chi connectivity index (χ4v) is 4.35. The van der Waals surface area contributed by atoms with Gasteiger partial charge in [-0.05, 0) is 38.5 Å². The van der Waals surface area contributed by atoms with Crippen molar-refractivity contribution in [2.75, 3.05) is 39.3 Å². The zero-order valence-electron chi connectivity index (χ0n) is 16.1. The molecule has 0 unspecified atom stereocenters. The summed E-state index contributed by atoms with van der Waals surface area (Å²) >= 11 is 0. The molecule has 1 amide bonds. The summed E-state index contributed by atoms with van der Waals surface area (Å²) in [5.74, 6) is -0.331. The molecule has 0 aliphatic carbocycles. The largest absolute Gasteiger partial charge is 0.337 e. The molecule has 2 aromatic rings. The topological polar surface area (TPSA) is 39.7 Å². The van der Waals surface area contributed by atoms with E-state index in [4.69, 9.17) is 0 Å². The van der Waals surface area contributed by atoms with E-state index in [0.29, 0.717) is 28.4 Å². The zero-order chi connectivity index (χ0) is 19.0. The number of halogens is 1. The number of carbonyl (C=O) groups excluding carboxylic acids is 1. The van der Waals surface area contributed by atoms with E-state index in [1.807, 2.05) is 4.90 Å². The number of nitrogens with zero attached hydrogens (tertiary/aromatic N) is 4. The lowest BCUT2D eigenvalue weighted by Crippen LogP contribution is -2.52. The molecule has 1 aromatic carbocycles. The SMILES string of the molecule is CC(C)N1CCN([C@H]2CCN(C(=O)c3ccc(F)c4ccncc34)C2)CC1. The lowest BCUT2D eigenvalue weighted by molar-refractivity contribution is 0.0700. The molecule has 0 bridgehead atoms. The maximum Gasteiger partial charge on any atom is 0.254 e. The van der Waals surface area contributed by atoms with Gasteiger partial charge in [0, 0.05) is 80.1 Å². The van der Waals surface area contributed by atoms with Crippen molar-refractivity contribution in [1.29, 1.82) is 0 Å². The maximum absolute atomic E-state index is 14.0. The Hall–Kier alpha value is -2.05. The molecular formula is C21H27FN4O. The monoisotopic (exact) mass is 370 g/mol. The number of rotatable bonds is 3. The minimum atomic E-state index is -0.314. The number of pyridine rings is 1. The van der Waals surface area contributed by atoms with Crippen LogP contribution in [0.15, 0.2) is 30.6 Å². The number of fused-ring (bicyclic) bond motifs is 1. The highest BCUT2D eigenvalue weighted by molar-refractivity contribution is 6.07. The first-order valence-corrected chi connectivity index (χ1v) is 9.84. The third-order valence-electron chi connectivity index (χ3n) is 6.04. The van der Waals surface area contributed by atoms with Crippen molar-refractivity contribution in [1.82, 2.24) is 19.7 Å². The van der Waals surface area contributed by atoms with Crippen LogP contribution in [0.1, 0.15) is 30.6 Å². The predicted octanol–water partition coefficient (Wildman–Crippen LogP) is 2.61. The van der Waals surface area contributed by atoms with Gasteiger partial charge in [0.15, 0.2) is 0 Å². The second kappa shape index (κ2) is 7.52. The second-order valence-corrected chi connectivity index (χ2v) is 7.88. The van der Waals surface area contributed by atoms with Crippen LogP contribution in [0.5, 0.6) is 0 Å². The van der Waals surface area contributed by atoms with Gasteiger partial charge in [0.2, 0.25) is 0 Å². The minimum Gasteiger partial charge on any atom is -0.337 e. The average Bonchev–Trinajstić information content (AvgIpc) is 3.18. The Bertz CT molecular complexity index is 832. The van der Waals surface area contributed by atoms with Crippen molar-refractivity contribution < 1.29 is 9.18 Å². The summed E-state index contributed by atoms with van der Waals surface area (Å²) in [7, 11) is 0. The smallest absolute Gasteiger partial charge is 0.254 e. The Morgan fingerprint density at radius 3 is 2.63 bits per heavy atom. The van der Waals surface area contributed by atoms with Crippen molar-refractivity contribution in [3.05, 3.63) is 42.0 Å². The Morgan fingerprint density at radius 2 is 1.89 bits per heavy atom. The maximum atomic E-state index is 14.0. The summed E-state index contributed by atoms with van der Waals surface area (Å²) in [4.78, 5) is 24.1. The molecule has 0 radical (unpaired) electrons. The number of carbonyl (C=O) groups is 1. The van der Waals surface area contributed by atoms with Crippen LogP contribution >= 0.6 is 0 Å². The zero-order valence-corrected chi connectivity index (χ0v) is 16.1. The number of piperazine rings is 1. The van der Waals surface area contributed by atoms with Crippen LogP contribution in [-0.2, 0) is 0 Å². The van der Waals surface area contributed by atoms with Crippen molar-refractivity contribution in [3.8, 4) is 0 Å². The molecule has 2 saturated heterocycles. The number of likely N-dealkylation sites (tertiary alicyclic amines) is 1. The Balaban J connectivity index is 1.45.